The molecule has 0 saturated carbocycles. The van der Waals surface area contributed by atoms with Crippen molar-refractivity contribution in [1.29, 1.82) is 0 Å². The first-order chi connectivity index (χ1) is 27.4. The molecule has 0 atom stereocenters. The van der Waals surface area contributed by atoms with Gasteiger partial charge in [0, 0.05) is 17.1 Å². The maximum atomic E-state index is 4.04. The van der Waals surface area contributed by atoms with E-state index in [1.54, 1.807) is 0 Å². The van der Waals surface area contributed by atoms with Gasteiger partial charge in [0.15, 0.2) is 0 Å². The minimum absolute atomic E-state index is 0.0268. The molecule has 0 fully saturated rings. The number of hydrogen-bond donors (Lipinski definition) is 0. The van der Waals surface area contributed by atoms with Crippen molar-refractivity contribution in [3.05, 3.63) is 163 Å². The monoisotopic (exact) mass is 729 g/mol. The van der Waals surface area contributed by atoms with E-state index < -0.39 is 0 Å². The Morgan fingerprint density at radius 2 is 0.930 bits per heavy atom. The van der Waals surface area contributed by atoms with Crippen LogP contribution in [-0.2, 0) is 10.8 Å². The molecule has 0 saturated heterocycles. The molecule has 0 aromatic heterocycles. The van der Waals surface area contributed by atoms with Crippen LogP contribution in [0.2, 0.25) is 0 Å². The fraction of sp³-hybridized carbons (Fsp3) is 0.148. The molecule has 3 heteroatoms. The van der Waals surface area contributed by atoms with Crippen LogP contribution < -0.4 is 37.7 Å². The summed E-state index contributed by atoms with van der Waals surface area (Å²) >= 11 is 0. The fourth-order valence-electron chi connectivity index (χ4n) is 10.3. The van der Waals surface area contributed by atoms with Gasteiger partial charge in [-0.25, -0.2) is 0 Å². The first-order valence-electron chi connectivity index (χ1n) is 20.5. The maximum absolute atomic E-state index is 4.04. The second-order valence-electron chi connectivity index (χ2n) is 18.7. The van der Waals surface area contributed by atoms with E-state index in [2.05, 4.69) is 187 Å². The number of anilines is 3. The second kappa shape index (κ2) is 11.7. The highest BCUT2D eigenvalue weighted by molar-refractivity contribution is 7.05. The Balaban J connectivity index is 1.26. The zero-order valence-electron chi connectivity index (χ0n) is 33.8. The molecule has 57 heavy (non-hydrogen) atoms. The van der Waals surface area contributed by atoms with E-state index in [-0.39, 0.29) is 24.3 Å². The summed E-state index contributed by atoms with van der Waals surface area (Å²) in [6, 6.07) is 49.5. The van der Waals surface area contributed by atoms with Crippen LogP contribution in [0.5, 0.6) is 0 Å². The van der Waals surface area contributed by atoms with Crippen molar-refractivity contribution in [2.24, 2.45) is 0 Å². The third-order valence-corrected chi connectivity index (χ3v) is 13.3. The fourth-order valence-corrected chi connectivity index (χ4v) is 10.3. The van der Waals surface area contributed by atoms with E-state index in [4.69, 9.17) is 0 Å². The van der Waals surface area contributed by atoms with Gasteiger partial charge < -0.3 is 4.90 Å². The van der Waals surface area contributed by atoms with Gasteiger partial charge in [-0.05, 0) is 118 Å². The average Bonchev–Trinajstić information content (AvgIpc) is 3.73. The zero-order chi connectivity index (χ0) is 39.1. The van der Waals surface area contributed by atoms with Crippen LogP contribution in [0, 0.1) is 0 Å². The molecule has 0 bridgehead atoms. The summed E-state index contributed by atoms with van der Waals surface area (Å²) in [5.74, 6) is 0. The topological polar surface area (TPSA) is 3.24 Å². The molecule has 7 aromatic rings. The Morgan fingerprint density at radius 3 is 1.44 bits per heavy atom. The van der Waals surface area contributed by atoms with Crippen LogP contribution in [0.25, 0.3) is 56.7 Å². The Hall–Kier alpha value is -6.05. The van der Waals surface area contributed by atoms with Gasteiger partial charge >= 0.3 is 0 Å². The number of rotatable bonds is 4. The van der Waals surface area contributed by atoms with Crippen LogP contribution in [-0.4, -0.2) is 13.4 Å². The van der Waals surface area contributed by atoms with Crippen molar-refractivity contribution in [3.63, 3.8) is 0 Å². The lowest BCUT2D eigenvalue weighted by Crippen LogP contribution is -2.63. The van der Waals surface area contributed by atoms with Gasteiger partial charge in [-0.15, -0.1) is 0 Å². The lowest BCUT2D eigenvalue weighted by Gasteiger charge is -2.43. The molecule has 7 aromatic carbocycles. The van der Waals surface area contributed by atoms with Crippen molar-refractivity contribution in [2.45, 2.75) is 52.4 Å². The van der Waals surface area contributed by atoms with E-state index in [1.165, 1.54) is 105 Å². The SMILES string of the molecule is C=Cc1ccc(-c2cc3c4c(c2)B2c5ccc(C(C)(C)C)cc5-c5cc(-c6ccc(C=C)cc6)cc(c52)N4c2cccc4c2B3c2ccc(C(C)(C)C)cc2-4)cc1. The van der Waals surface area contributed by atoms with Crippen LogP contribution in [0.3, 0.4) is 0 Å². The quantitative estimate of drug-likeness (QED) is 0.163. The molecule has 4 aliphatic rings. The number of fused-ring (bicyclic) bond motifs is 10. The number of hydrogen-bond acceptors (Lipinski definition) is 1. The summed E-state index contributed by atoms with van der Waals surface area (Å²) < 4.78 is 0. The lowest BCUT2D eigenvalue weighted by atomic mass is 9.32. The molecule has 0 N–H and O–H groups in total. The maximum Gasteiger partial charge on any atom is 0.248 e. The lowest BCUT2D eigenvalue weighted by molar-refractivity contribution is 0.590. The summed E-state index contributed by atoms with van der Waals surface area (Å²) in [6.45, 7) is 22.3. The highest BCUT2D eigenvalue weighted by atomic mass is 15.2. The van der Waals surface area contributed by atoms with E-state index in [0.29, 0.717) is 0 Å². The van der Waals surface area contributed by atoms with Crippen LogP contribution >= 0.6 is 0 Å². The average molecular weight is 730 g/mol. The summed E-state index contributed by atoms with van der Waals surface area (Å²) in [5.41, 5.74) is 27.9. The van der Waals surface area contributed by atoms with Crippen LogP contribution in [0.1, 0.15) is 63.8 Å². The standard InChI is InChI=1S/C54H45B2N/c1-9-32-14-18-34(19-15-32)36-26-43-42-31-39(54(6,7)8)23-25-45(42)56-47-28-37(35-20-16-33(10-2)17-21-35)27-46-52(47)57(49(29-36)51(43)56)48-13-11-12-40-41-30-38(53(3,4)5)22-24-44(41)55(46)50(40)48/h9-31H,1-2H2,3-8H3. The van der Waals surface area contributed by atoms with Gasteiger partial charge in [0.25, 0.3) is 0 Å². The molecule has 4 heterocycles. The molecule has 4 aliphatic heterocycles. The molecule has 11 rings (SSSR count). The molecule has 0 aliphatic carbocycles. The second-order valence-corrected chi connectivity index (χ2v) is 18.7. The highest BCUT2D eigenvalue weighted by Gasteiger charge is 2.50. The number of benzene rings is 7. The smallest absolute Gasteiger partial charge is 0.248 e. The molecule has 0 spiro atoms. The van der Waals surface area contributed by atoms with Gasteiger partial charge in [0.05, 0.1) is 0 Å². The summed E-state index contributed by atoms with van der Waals surface area (Å²) in [6.07, 6.45) is 3.86. The Kier molecular flexibility index (Phi) is 7.05. The van der Waals surface area contributed by atoms with E-state index in [0.717, 1.165) is 11.1 Å². The Labute approximate surface area is 338 Å². The molecule has 272 valence electrons. The predicted molar refractivity (Wildman–Crippen MR) is 250 cm³/mol. The largest absolute Gasteiger partial charge is 0.312 e. The van der Waals surface area contributed by atoms with Crippen LogP contribution in [0.4, 0.5) is 17.1 Å². The summed E-state index contributed by atoms with van der Waals surface area (Å²) in [4.78, 5) is 2.66. The predicted octanol–water partition coefficient (Wildman–Crippen LogP) is 9.99. The number of nitrogens with zero attached hydrogens (tertiary/aromatic N) is 1. The van der Waals surface area contributed by atoms with Crippen molar-refractivity contribution in [3.8, 4) is 44.5 Å². The molecule has 0 radical (unpaired) electrons. The molecule has 0 unspecified atom stereocenters. The Morgan fingerprint density at radius 1 is 0.439 bits per heavy atom. The summed E-state index contributed by atoms with van der Waals surface area (Å²) in [7, 11) is 0. The third-order valence-electron chi connectivity index (χ3n) is 13.3. The first-order valence-corrected chi connectivity index (χ1v) is 20.5. The van der Waals surface area contributed by atoms with E-state index >= 15 is 0 Å². The molecule has 1 nitrogen and oxygen atoms in total. The van der Waals surface area contributed by atoms with Crippen LogP contribution in [0.15, 0.2) is 141 Å². The first kappa shape index (κ1) is 34.2. The Bertz CT molecular complexity index is 2880. The highest BCUT2D eigenvalue weighted by Crippen LogP contribution is 2.47. The summed E-state index contributed by atoms with van der Waals surface area (Å²) in [5, 5.41) is 0. The minimum Gasteiger partial charge on any atom is -0.312 e. The van der Waals surface area contributed by atoms with E-state index in [9.17, 15) is 0 Å². The molecular formula is C54H45B2N. The molecule has 0 amide bonds. The molecular weight excluding hydrogens is 684 g/mol. The van der Waals surface area contributed by atoms with Gasteiger partial charge in [-0.2, -0.15) is 0 Å². The van der Waals surface area contributed by atoms with E-state index in [1.807, 2.05) is 12.2 Å². The van der Waals surface area contributed by atoms with Gasteiger partial charge in [0.1, 0.15) is 0 Å². The van der Waals surface area contributed by atoms with Gasteiger partial charge in [0.2, 0.25) is 13.4 Å². The van der Waals surface area contributed by atoms with Gasteiger partial charge in [-0.3, -0.25) is 0 Å². The normalized spacial score (nSPS) is 13.8. The van der Waals surface area contributed by atoms with Crippen molar-refractivity contribution in [2.75, 3.05) is 4.90 Å². The third kappa shape index (κ3) is 4.85. The van der Waals surface area contributed by atoms with Gasteiger partial charge in [-0.1, -0.05) is 187 Å². The van der Waals surface area contributed by atoms with Crippen molar-refractivity contribution < 1.29 is 0 Å². The van der Waals surface area contributed by atoms with Crippen molar-refractivity contribution in [1.82, 2.24) is 0 Å². The zero-order valence-corrected chi connectivity index (χ0v) is 33.8. The minimum atomic E-state index is 0.0268. The van der Waals surface area contributed by atoms with Crippen molar-refractivity contribution >= 4 is 75.4 Å².